The first-order chi connectivity index (χ1) is 8.34. The van der Waals surface area contributed by atoms with Crippen LogP contribution in [0, 0.1) is 23.1 Å². The molecule has 0 saturated heterocycles. The predicted molar refractivity (Wildman–Crippen MR) is 68.4 cm³/mol. The van der Waals surface area contributed by atoms with E-state index >= 15 is 0 Å². The average Bonchev–Trinajstić information content (AvgIpc) is 2.26. The predicted octanol–water partition coefficient (Wildman–Crippen LogP) is 2.15. The van der Waals surface area contributed by atoms with Gasteiger partial charge in [-0.3, -0.25) is 4.79 Å². The van der Waals surface area contributed by atoms with Crippen LogP contribution in [0.4, 0.5) is 10.1 Å². The van der Waals surface area contributed by atoms with Crippen LogP contribution in [0.2, 0.25) is 0 Å². The fraction of sp³-hybridized carbons (Fsp3) is 0.357. The number of halogens is 1. The summed E-state index contributed by atoms with van der Waals surface area (Å²) in [6.07, 6.45) is 0. The van der Waals surface area contributed by atoms with Gasteiger partial charge in [0.25, 0.3) is 0 Å². The van der Waals surface area contributed by atoms with Gasteiger partial charge in [0.15, 0.2) is 0 Å². The number of carbonyl (C=O) groups excluding carboxylic acids is 1. The average molecular weight is 249 g/mol. The van der Waals surface area contributed by atoms with Crippen molar-refractivity contribution < 1.29 is 14.3 Å². The smallest absolute Gasteiger partial charge is 0.229 e. The molecule has 0 aliphatic carbocycles. The van der Waals surface area contributed by atoms with E-state index in [0.717, 1.165) is 0 Å². The Morgan fingerprint density at radius 3 is 2.61 bits per heavy atom. The van der Waals surface area contributed by atoms with Gasteiger partial charge in [-0.2, -0.15) is 0 Å². The van der Waals surface area contributed by atoms with Crippen LogP contribution in [0.1, 0.15) is 26.3 Å². The quantitative estimate of drug-likeness (QED) is 0.749. The number of hydrogen-bond donors (Lipinski definition) is 2. The van der Waals surface area contributed by atoms with Crippen LogP contribution in [0.25, 0.3) is 0 Å². The summed E-state index contributed by atoms with van der Waals surface area (Å²) >= 11 is 0. The van der Waals surface area contributed by atoms with Crippen molar-refractivity contribution in [3.63, 3.8) is 0 Å². The Bertz CT molecular complexity index is 507. The van der Waals surface area contributed by atoms with Crippen molar-refractivity contribution in [2.24, 2.45) is 5.41 Å². The maximum atomic E-state index is 13.6. The topological polar surface area (TPSA) is 49.3 Å². The molecule has 0 aliphatic heterocycles. The van der Waals surface area contributed by atoms with Gasteiger partial charge >= 0.3 is 0 Å². The summed E-state index contributed by atoms with van der Waals surface area (Å²) < 4.78 is 13.6. The zero-order chi connectivity index (χ0) is 13.8. The zero-order valence-electron chi connectivity index (χ0n) is 10.7. The molecule has 0 radical (unpaired) electrons. The number of amides is 1. The maximum absolute atomic E-state index is 13.6. The maximum Gasteiger partial charge on any atom is 0.229 e. The Morgan fingerprint density at radius 1 is 1.44 bits per heavy atom. The van der Waals surface area contributed by atoms with Crippen LogP contribution in [0.3, 0.4) is 0 Å². The molecule has 1 aromatic carbocycles. The second-order valence-electron chi connectivity index (χ2n) is 4.86. The van der Waals surface area contributed by atoms with Crippen molar-refractivity contribution in [1.29, 1.82) is 0 Å². The molecular weight excluding hydrogens is 233 g/mol. The Labute approximate surface area is 106 Å². The molecule has 0 heterocycles. The van der Waals surface area contributed by atoms with E-state index in [0.29, 0.717) is 5.69 Å². The minimum absolute atomic E-state index is 0.184. The van der Waals surface area contributed by atoms with E-state index in [1.54, 1.807) is 26.8 Å². The van der Waals surface area contributed by atoms with Gasteiger partial charge in [-0.25, -0.2) is 4.39 Å². The summed E-state index contributed by atoms with van der Waals surface area (Å²) in [5.41, 5.74) is 0.0473. The highest BCUT2D eigenvalue weighted by molar-refractivity contribution is 5.94. The van der Waals surface area contributed by atoms with Crippen LogP contribution in [0.15, 0.2) is 18.2 Å². The lowest BCUT2D eigenvalue weighted by atomic mass is 9.95. The first-order valence-corrected chi connectivity index (χ1v) is 5.55. The lowest BCUT2D eigenvalue weighted by Gasteiger charge is -2.17. The highest BCUT2D eigenvalue weighted by Crippen LogP contribution is 2.19. The molecule has 1 amide bonds. The molecule has 0 spiro atoms. The van der Waals surface area contributed by atoms with Crippen molar-refractivity contribution in [2.75, 3.05) is 11.9 Å². The number of hydrogen-bond acceptors (Lipinski definition) is 2. The van der Waals surface area contributed by atoms with Gasteiger partial charge in [-0.1, -0.05) is 32.6 Å². The number of nitrogens with one attached hydrogen (secondary N) is 1. The Hall–Kier alpha value is -1.86. The van der Waals surface area contributed by atoms with E-state index in [1.165, 1.54) is 12.1 Å². The van der Waals surface area contributed by atoms with Gasteiger partial charge in [-0.15, -0.1) is 0 Å². The molecule has 3 nitrogen and oxygen atoms in total. The van der Waals surface area contributed by atoms with Gasteiger partial charge in [0.1, 0.15) is 12.4 Å². The molecule has 96 valence electrons. The number of benzene rings is 1. The van der Waals surface area contributed by atoms with Crippen LogP contribution in [0.5, 0.6) is 0 Å². The van der Waals surface area contributed by atoms with Crippen LogP contribution in [-0.2, 0) is 4.79 Å². The molecule has 0 unspecified atom stereocenters. The van der Waals surface area contributed by atoms with Crippen molar-refractivity contribution in [3.8, 4) is 11.8 Å². The Balaban J connectivity index is 2.89. The third kappa shape index (κ3) is 3.86. The normalized spacial score (nSPS) is 10.5. The first-order valence-electron chi connectivity index (χ1n) is 5.55. The number of anilines is 1. The van der Waals surface area contributed by atoms with E-state index in [4.69, 9.17) is 5.11 Å². The molecule has 0 aromatic heterocycles. The van der Waals surface area contributed by atoms with Crippen molar-refractivity contribution in [2.45, 2.75) is 20.8 Å². The molecule has 1 rings (SSSR count). The monoisotopic (exact) mass is 249 g/mol. The molecule has 4 heteroatoms. The van der Waals surface area contributed by atoms with Gasteiger partial charge in [0.2, 0.25) is 5.91 Å². The summed E-state index contributed by atoms with van der Waals surface area (Å²) in [5.74, 6) is 4.14. The second kappa shape index (κ2) is 5.65. The highest BCUT2D eigenvalue weighted by atomic mass is 19.1. The van der Waals surface area contributed by atoms with E-state index in [1.807, 2.05) is 0 Å². The lowest BCUT2D eigenvalue weighted by molar-refractivity contribution is -0.123. The lowest BCUT2D eigenvalue weighted by Crippen LogP contribution is -2.27. The molecule has 0 fully saturated rings. The summed E-state index contributed by atoms with van der Waals surface area (Å²) in [5, 5.41) is 11.2. The van der Waals surface area contributed by atoms with E-state index < -0.39 is 11.2 Å². The summed E-state index contributed by atoms with van der Waals surface area (Å²) in [6, 6.07) is 4.26. The second-order valence-corrected chi connectivity index (χ2v) is 4.86. The summed E-state index contributed by atoms with van der Waals surface area (Å²) in [7, 11) is 0. The minimum atomic E-state index is -0.536. The Kier molecular flexibility index (Phi) is 4.46. The fourth-order valence-corrected chi connectivity index (χ4v) is 1.15. The van der Waals surface area contributed by atoms with Crippen LogP contribution >= 0.6 is 0 Å². The third-order valence-corrected chi connectivity index (χ3v) is 2.21. The molecule has 1 aromatic rings. The molecule has 0 saturated carbocycles. The van der Waals surface area contributed by atoms with Crippen molar-refractivity contribution in [3.05, 3.63) is 29.6 Å². The summed E-state index contributed by atoms with van der Waals surface area (Å²) in [6.45, 7) is 5.02. The zero-order valence-corrected chi connectivity index (χ0v) is 10.7. The van der Waals surface area contributed by atoms with Gasteiger partial charge in [0.05, 0.1) is 5.56 Å². The third-order valence-electron chi connectivity index (χ3n) is 2.21. The van der Waals surface area contributed by atoms with Gasteiger partial charge < -0.3 is 10.4 Å². The van der Waals surface area contributed by atoms with Crippen molar-refractivity contribution >= 4 is 11.6 Å². The number of aliphatic hydroxyl groups excluding tert-OH is 1. The molecular formula is C14H16FNO2. The van der Waals surface area contributed by atoms with E-state index in [-0.39, 0.29) is 18.1 Å². The molecule has 2 N–H and O–H groups in total. The number of carbonyl (C=O) groups is 1. The molecule has 0 aliphatic rings. The minimum Gasteiger partial charge on any atom is -0.384 e. The van der Waals surface area contributed by atoms with E-state index in [2.05, 4.69) is 17.2 Å². The number of aliphatic hydroxyl groups is 1. The molecule has 18 heavy (non-hydrogen) atoms. The Morgan fingerprint density at radius 2 is 2.11 bits per heavy atom. The standard InChI is InChI=1S/C14H16FNO2/c1-14(2,3)13(18)16-11-7-6-10(5-4-8-17)12(15)9-11/h6-7,9,17H,8H2,1-3H3,(H,16,18). The summed E-state index contributed by atoms with van der Waals surface area (Å²) in [4.78, 5) is 11.7. The SMILES string of the molecule is CC(C)(C)C(=O)Nc1ccc(C#CCO)c(F)c1. The van der Waals surface area contributed by atoms with Crippen LogP contribution < -0.4 is 5.32 Å². The first kappa shape index (κ1) is 14.2. The van der Waals surface area contributed by atoms with Gasteiger partial charge in [0, 0.05) is 11.1 Å². The van der Waals surface area contributed by atoms with Crippen molar-refractivity contribution in [1.82, 2.24) is 0 Å². The van der Waals surface area contributed by atoms with Crippen LogP contribution in [-0.4, -0.2) is 17.6 Å². The fourth-order valence-electron chi connectivity index (χ4n) is 1.15. The number of rotatable bonds is 1. The van der Waals surface area contributed by atoms with E-state index in [9.17, 15) is 9.18 Å². The molecule has 0 bridgehead atoms. The van der Waals surface area contributed by atoms with Gasteiger partial charge in [-0.05, 0) is 18.2 Å². The highest BCUT2D eigenvalue weighted by Gasteiger charge is 2.21. The largest absolute Gasteiger partial charge is 0.384 e. The molecule has 0 atom stereocenters.